The first-order valence-corrected chi connectivity index (χ1v) is 5.29. The number of halogens is 2. The van der Waals surface area contributed by atoms with Crippen molar-refractivity contribution in [3.05, 3.63) is 27.7 Å². The van der Waals surface area contributed by atoms with E-state index in [0.29, 0.717) is 22.3 Å². The highest BCUT2D eigenvalue weighted by Crippen LogP contribution is 2.34. The SMILES string of the molecule is Cc1cc(Cl)c(N2CC(N)C2=O)cc1Cl. The molecule has 1 atom stereocenters. The summed E-state index contributed by atoms with van der Waals surface area (Å²) in [4.78, 5) is 12.9. The molecule has 0 radical (unpaired) electrons. The number of hydrogen-bond acceptors (Lipinski definition) is 2. The van der Waals surface area contributed by atoms with Crippen LogP contribution in [0.2, 0.25) is 10.0 Å². The minimum Gasteiger partial charge on any atom is -0.318 e. The molecule has 0 aromatic heterocycles. The quantitative estimate of drug-likeness (QED) is 0.769. The van der Waals surface area contributed by atoms with Crippen molar-refractivity contribution >= 4 is 34.8 Å². The number of nitrogens with zero attached hydrogens (tertiary/aromatic N) is 1. The molecule has 1 aromatic carbocycles. The van der Waals surface area contributed by atoms with Gasteiger partial charge in [-0.15, -0.1) is 0 Å². The van der Waals surface area contributed by atoms with Crippen molar-refractivity contribution in [1.82, 2.24) is 0 Å². The number of nitrogens with two attached hydrogens (primary N) is 1. The van der Waals surface area contributed by atoms with Crippen molar-refractivity contribution in [2.45, 2.75) is 13.0 Å². The average Bonchev–Trinajstić information content (AvgIpc) is 2.20. The Balaban J connectivity index is 2.37. The van der Waals surface area contributed by atoms with Crippen molar-refractivity contribution in [2.24, 2.45) is 5.73 Å². The number of hydrogen-bond donors (Lipinski definition) is 1. The smallest absolute Gasteiger partial charge is 0.245 e. The molecule has 0 saturated carbocycles. The second-order valence-electron chi connectivity index (χ2n) is 3.61. The Labute approximate surface area is 97.8 Å². The van der Waals surface area contributed by atoms with E-state index in [4.69, 9.17) is 28.9 Å². The predicted octanol–water partition coefficient (Wildman–Crippen LogP) is 1.98. The predicted molar refractivity (Wildman–Crippen MR) is 61.5 cm³/mol. The maximum absolute atomic E-state index is 11.4. The lowest BCUT2D eigenvalue weighted by molar-refractivity contribution is -0.123. The molecule has 3 nitrogen and oxygen atoms in total. The number of rotatable bonds is 1. The maximum Gasteiger partial charge on any atom is 0.245 e. The van der Waals surface area contributed by atoms with Crippen LogP contribution >= 0.6 is 23.2 Å². The second kappa shape index (κ2) is 3.67. The highest BCUT2D eigenvalue weighted by molar-refractivity contribution is 6.36. The van der Waals surface area contributed by atoms with Crippen LogP contribution < -0.4 is 10.6 Å². The first-order valence-electron chi connectivity index (χ1n) is 4.53. The van der Waals surface area contributed by atoms with Gasteiger partial charge in [-0.05, 0) is 24.6 Å². The summed E-state index contributed by atoms with van der Waals surface area (Å²) in [5, 5.41) is 1.12. The van der Waals surface area contributed by atoms with E-state index in [-0.39, 0.29) is 5.91 Å². The summed E-state index contributed by atoms with van der Waals surface area (Å²) in [6.45, 7) is 2.36. The van der Waals surface area contributed by atoms with Gasteiger partial charge in [-0.2, -0.15) is 0 Å². The van der Waals surface area contributed by atoms with Crippen LogP contribution in [0.1, 0.15) is 5.56 Å². The zero-order chi connectivity index (χ0) is 11.2. The number of benzene rings is 1. The Morgan fingerprint density at radius 1 is 1.40 bits per heavy atom. The monoisotopic (exact) mass is 244 g/mol. The summed E-state index contributed by atoms with van der Waals surface area (Å²) in [7, 11) is 0. The zero-order valence-electron chi connectivity index (χ0n) is 8.13. The van der Waals surface area contributed by atoms with Gasteiger partial charge in [-0.3, -0.25) is 4.79 Å². The van der Waals surface area contributed by atoms with Crippen molar-refractivity contribution in [3.8, 4) is 0 Å². The van der Waals surface area contributed by atoms with Crippen molar-refractivity contribution in [3.63, 3.8) is 0 Å². The summed E-state index contributed by atoms with van der Waals surface area (Å²) in [6, 6.07) is 3.04. The van der Waals surface area contributed by atoms with Gasteiger partial charge >= 0.3 is 0 Å². The molecule has 1 unspecified atom stereocenters. The fraction of sp³-hybridized carbons (Fsp3) is 0.300. The summed E-state index contributed by atoms with van der Waals surface area (Å²) < 4.78 is 0. The summed E-state index contributed by atoms with van der Waals surface area (Å²) >= 11 is 12.0. The lowest BCUT2D eigenvalue weighted by atomic mass is 10.1. The van der Waals surface area contributed by atoms with E-state index < -0.39 is 6.04 Å². The first kappa shape index (κ1) is 10.7. The molecule has 2 N–H and O–H groups in total. The number of carbonyl (C=O) groups excluding carboxylic acids is 1. The van der Waals surface area contributed by atoms with Crippen molar-refractivity contribution in [2.75, 3.05) is 11.4 Å². The van der Waals surface area contributed by atoms with Gasteiger partial charge in [0.1, 0.15) is 6.04 Å². The molecule has 1 amide bonds. The van der Waals surface area contributed by atoms with Gasteiger partial charge in [-0.1, -0.05) is 23.2 Å². The normalized spacial score (nSPS) is 20.4. The number of anilines is 1. The molecule has 0 bridgehead atoms. The Bertz CT molecular complexity index is 434. The van der Waals surface area contributed by atoms with Crippen LogP contribution in [-0.4, -0.2) is 18.5 Å². The summed E-state index contributed by atoms with van der Waals surface area (Å²) in [6.07, 6.45) is 0. The molecule has 1 aliphatic heterocycles. The number of carbonyl (C=O) groups is 1. The van der Waals surface area contributed by atoms with Crippen LogP contribution in [0, 0.1) is 6.92 Å². The third kappa shape index (κ3) is 1.71. The molecule has 1 heterocycles. The zero-order valence-corrected chi connectivity index (χ0v) is 9.64. The molecular weight excluding hydrogens is 235 g/mol. The van der Waals surface area contributed by atoms with Crippen LogP contribution in [0.15, 0.2) is 12.1 Å². The maximum atomic E-state index is 11.4. The minimum atomic E-state index is -0.402. The first-order chi connectivity index (χ1) is 7.00. The molecule has 5 heteroatoms. The summed E-state index contributed by atoms with van der Waals surface area (Å²) in [5.41, 5.74) is 7.03. The van der Waals surface area contributed by atoms with Gasteiger partial charge in [0.15, 0.2) is 0 Å². The van der Waals surface area contributed by atoms with Gasteiger partial charge in [0.05, 0.1) is 17.3 Å². The molecule has 2 rings (SSSR count). The molecule has 80 valence electrons. The van der Waals surface area contributed by atoms with Crippen molar-refractivity contribution in [1.29, 1.82) is 0 Å². The lowest BCUT2D eigenvalue weighted by Gasteiger charge is -2.36. The van der Waals surface area contributed by atoms with Crippen LogP contribution in [0.3, 0.4) is 0 Å². The molecule has 1 aromatic rings. The fourth-order valence-electron chi connectivity index (χ4n) is 1.51. The molecule has 0 aliphatic carbocycles. The van der Waals surface area contributed by atoms with Crippen LogP contribution in [0.25, 0.3) is 0 Å². The fourth-order valence-corrected chi connectivity index (χ4v) is 1.99. The van der Waals surface area contributed by atoms with Gasteiger partial charge in [0, 0.05) is 5.02 Å². The van der Waals surface area contributed by atoms with E-state index in [1.54, 1.807) is 17.0 Å². The van der Waals surface area contributed by atoms with E-state index >= 15 is 0 Å². The topological polar surface area (TPSA) is 46.3 Å². The molecular formula is C10H10Cl2N2O. The molecule has 1 saturated heterocycles. The second-order valence-corrected chi connectivity index (χ2v) is 4.42. The highest BCUT2D eigenvalue weighted by atomic mass is 35.5. The minimum absolute atomic E-state index is 0.114. The van der Waals surface area contributed by atoms with Gasteiger partial charge in [-0.25, -0.2) is 0 Å². The van der Waals surface area contributed by atoms with E-state index in [2.05, 4.69) is 0 Å². The van der Waals surface area contributed by atoms with E-state index in [1.807, 2.05) is 6.92 Å². The Morgan fingerprint density at radius 2 is 2.07 bits per heavy atom. The molecule has 1 aliphatic rings. The van der Waals surface area contributed by atoms with Crippen molar-refractivity contribution < 1.29 is 4.79 Å². The largest absolute Gasteiger partial charge is 0.318 e. The molecule has 15 heavy (non-hydrogen) atoms. The number of β-lactam (4-membered cyclic amide) rings is 1. The van der Waals surface area contributed by atoms with Crippen LogP contribution in [0.5, 0.6) is 0 Å². The molecule has 1 fully saturated rings. The van der Waals surface area contributed by atoms with E-state index in [9.17, 15) is 4.79 Å². The van der Waals surface area contributed by atoms with Crippen LogP contribution in [-0.2, 0) is 4.79 Å². The van der Waals surface area contributed by atoms with Gasteiger partial charge < -0.3 is 10.6 Å². The van der Waals surface area contributed by atoms with Gasteiger partial charge in [0.25, 0.3) is 0 Å². The number of amides is 1. The lowest BCUT2D eigenvalue weighted by Crippen LogP contribution is -2.61. The van der Waals surface area contributed by atoms with Gasteiger partial charge in [0.2, 0.25) is 5.91 Å². The summed E-state index contributed by atoms with van der Waals surface area (Å²) in [5.74, 6) is -0.114. The standard InChI is InChI=1S/C10H10Cl2N2O/c1-5-2-7(12)9(3-6(5)11)14-4-8(13)10(14)15/h2-3,8H,4,13H2,1H3. The Morgan fingerprint density at radius 3 is 2.60 bits per heavy atom. The van der Waals surface area contributed by atoms with E-state index in [1.165, 1.54) is 0 Å². The highest BCUT2D eigenvalue weighted by Gasteiger charge is 2.35. The number of aryl methyl sites for hydroxylation is 1. The van der Waals surface area contributed by atoms with Crippen LogP contribution in [0.4, 0.5) is 5.69 Å². The van der Waals surface area contributed by atoms with E-state index in [0.717, 1.165) is 5.56 Å². The third-order valence-corrected chi connectivity index (χ3v) is 3.19. The Hall–Kier alpha value is -0.770. The average molecular weight is 245 g/mol. The Kier molecular flexibility index (Phi) is 2.63. The third-order valence-electron chi connectivity index (χ3n) is 2.48. The molecule has 0 spiro atoms.